The first kappa shape index (κ1) is 18.5. The number of hydrogen-bond acceptors (Lipinski definition) is 3. The molecule has 4 nitrogen and oxygen atoms in total. The summed E-state index contributed by atoms with van der Waals surface area (Å²) in [6.07, 6.45) is 0. The van der Waals surface area contributed by atoms with Gasteiger partial charge in [-0.15, -0.1) is 0 Å². The second kappa shape index (κ2) is 8.43. The largest absolute Gasteiger partial charge is 0.325 e. The molecule has 0 aliphatic carbocycles. The first-order chi connectivity index (χ1) is 12.5. The average Bonchev–Trinajstić information content (AvgIpc) is 2.55. The Morgan fingerprint density at radius 3 is 2.31 bits per heavy atom. The number of hydrogen-bond donors (Lipinski definition) is 1. The fourth-order valence-electron chi connectivity index (χ4n) is 3.49. The van der Waals surface area contributed by atoms with Gasteiger partial charge in [0.05, 0.1) is 6.54 Å². The minimum absolute atomic E-state index is 0.0987. The van der Waals surface area contributed by atoms with E-state index in [-0.39, 0.29) is 11.7 Å². The van der Waals surface area contributed by atoms with Gasteiger partial charge in [0.1, 0.15) is 5.82 Å². The molecule has 0 atom stereocenters. The zero-order valence-corrected chi connectivity index (χ0v) is 15.5. The Morgan fingerprint density at radius 1 is 1.00 bits per heavy atom. The van der Waals surface area contributed by atoms with Gasteiger partial charge in [-0.3, -0.25) is 14.6 Å². The van der Waals surface area contributed by atoms with Crippen molar-refractivity contribution in [2.75, 3.05) is 38.0 Å². The van der Waals surface area contributed by atoms with Crippen molar-refractivity contribution in [2.24, 2.45) is 0 Å². The van der Waals surface area contributed by atoms with Gasteiger partial charge in [-0.1, -0.05) is 35.4 Å². The Balaban J connectivity index is 1.45. The molecule has 1 saturated heterocycles. The maximum Gasteiger partial charge on any atom is 0.238 e. The van der Waals surface area contributed by atoms with Gasteiger partial charge in [0, 0.05) is 38.4 Å². The summed E-state index contributed by atoms with van der Waals surface area (Å²) < 4.78 is 13.2. The topological polar surface area (TPSA) is 35.6 Å². The maximum absolute atomic E-state index is 13.2. The van der Waals surface area contributed by atoms with Crippen LogP contribution < -0.4 is 5.32 Å². The van der Waals surface area contributed by atoms with Crippen molar-refractivity contribution in [1.82, 2.24) is 9.80 Å². The summed E-state index contributed by atoms with van der Waals surface area (Å²) in [5.74, 6) is -0.443. The Morgan fingerprint density at radius 2 is 1.65 bits per heavy atom. The molecule has 2 aromatic rings. The smallest absolute Gasteiger partial charge is 0.238 e. The van der Waals surface area contributed by atoms with E-state index in [4.69, 9.17) is 0 Å². The van der Waals surface area contributed by atoms with E-state index in [9.17, 15) is 9.18 Å². The molecule has 26 heavy (non-hydrogen) atoms. The van der Waals surface area contributed by atoms with Crippen molar-refractivity contribution in [1.29, 1.82) is 0 Å². The van der Waals surface area contributed by atoms with Crippen LogP contribution in [0.15, 0.2) is 42.5 Å². The molecular formula is C21H26FN3O. The number of nitrogens with one attached hydrogen (secondary N) is 1. The van der Waals surface area contributed by atoms with E-state index in [1.54, 1.807) is 12.1 Å². The van der Waals surface area contributed by atoms with E-state index in [0.717, 1.165) is 32.7 Å². The van der Waals surface area contributed by atoms with E-state index in [0.29, 0.717) is 12.2 Å². The Labute approximate surface area is 154 Å². The Kier molecular flexibility index (Phi) is 6.01. The Hall–Kier alpha value is -2.24. The second-order valence-corrected chi connectivity index (χ2v) is 7.11. The molecule has 1 heterocycles. The zero-order chi connectivity index (χ0) is 18.5. The highest BCUT2D eigenvalue weighted by Gasteiger charge is 2.19. The van der Waals surface area contributed by atoms with Gasteiger partial charge in [0.2, 0.25) is 5.91 Å². The predicted molar refractivity (Wildman–Crippen MR) is 103 cm³/mol. The van der Waals surface area contributed by atoms with E-state index < -0.39 is 0 Å². The van der Waals surface area contributed by atoms with E-state index in [1.807, 2.05) is 0 Å². The van der Waals surface area contributed by atoms with Crippen molar-refractivity contribution >= 4 is 11.6 Å². The average molecular weight is 355 g/mol. The fraction of sp³-hybridized carbons (Fsp3) is 0.381. The molecule has 0 saturated carbocycles. The number of nitrogens with zero attached hydrogens (tertiary/aromatic N) is 2. The van der Waals surface area contributed by atoms with Crippen LogP contribution in [0.25, 0.3) is 0 Å². The van der Waals surface area contributed by atoms with Crippen molar-refractivity contribution in [3.05, 3.63) is 65.0 Å². The highest BCUT2D eigenvalue weighted by Crippen LogP contribution is 2.13. The second-order valence-electron chi connectivity index (χ2n) is 7.11. The number of carbonyl (C=O) groups is 1. The van der Waals surface area contributed by atoms with Crippen LogP contribution in [0.4, 0.5) is 10.1 Å². The number of piperazine rings is 1. The summed E-state index contributed by atoms with van der Waals surface area (Å²) in [6.45, 7) is 9.17. The van der Waals surface area contributed by atoms with Crippen LogP contribution in [0.3, 0.4) is 0 Å². The maximum atomic E-state index is 13.2. The third kappa shape index (κ3) is 5.38. The molecule has 138 valence electrons. The number of carbonyl (C=O) groups excluding carboxylic acids is 1. The normalized spacial score (nSPS) is 15.8. The van der Waals surface area contributed by atoms with Gasteiger partial charge in [-0.2, -0.15) is 0 Å². The molecule has 5 heteroatoms. The minimum atomic E-state index is -0.345. The summed E-state index contributed by atoms with van der Waals surface area (Å²) in [5.41, 5.74) is 4.45. The number of aryl methyl sites for hydroxylation is 2. The van der Waals surface area contributed by atoms with Gasteiger partial charge >= 0.3 is 0 Å². The number of rotatable bonds is 5. The molecule has 0 radical (unpaired) electrons. The number of anilines is 1. The van der Waals surface area contributed by atoms with E-state index >= 15 is 0 Å². The van der Waals surface area contributed by atoms with Crippen molar-refractivity contribution in [2.45, 2.75) is 20.4 Å². The molecule has 1 aliphatic rings. The molecule has 3 rings (SSSR count). The van der Waals surface area contributed by atoms with E-state index in [1.165, 1.54) is 28.8 Å². The summed E-state index contributed by atoms with van der Waals surface area (Å²) in [6, 6.07) is 12.7. The SMILES string of the molecule is Cc1cc(C)cc(CN2CCN(CC(=O)Nc3cccc(F)c3)CC2)c1. The third-order valence-electron chi connectivity index (χ3n) is 4.63. The van der Waals surface area contributed by atoms with Crippen LogP contribution in [-0.4, -0.2) is 48.4 Å². The van der Waals surface area contributed by atoms with E-state index in [2.05, 4.69) is 47.2 Å². The van der Waals surface area contributed by atoms with Gasteiger partial charge in [-0.05, 0) is 37.6 Å². The van der Waals surface area contributed by atoms with Gasteiger partial charge in [0.15, 0.2) is 0 Å². The highest BCUT2D eigenvalue weighted by molar-refractivity contribution is 5.92. The summed E-state index contributed by atoms with van der Waals surface area (Å²) >= 11 is 0. The summed E-state index contributed by atoms with van der Waals surface area (Å²) in [4.78, 5) is 16.7. The highest BCUT2D eigenvalue weighted by atomic mass is 19.1. The first-order valence-electron chi connectivity index (χ1n) is 9.05. The van der Waals surface area contributed by atoms with Gasteiger partial charge < -0.3 is 5.32 Å². The summed E-state index contributed by atoms with van der Waals surface area (Å²) in [7, 11) is 0. The van der Waals surface area contributed by atoms with Crippen LogP contribution in [0, 0.1) is 19.7 Å². The lowest BCUT2D eigenvalue weighted by Gasteiger charge is -2.34. The van der Waals surface area contributed by atoms with Crippen molar-refractivity contribution in [3.63, 3.8) is 0 Å². The molecule has 0 aromatic heterocycles. The van der Waals surface area contributed by atoms with Crippen LogP contribution in [0.1, 0.15) is 16.7 Å². The quantitative estimate of drug-likeness (QED) is 0.895. The lowest BCUT2D eigenvalue weighted by molar-refractivity contribution is -0.117. The van der Waals surface area contributed by atoms with Crippen molar-refractivity contribution < 1.29 is 9.18 Å². The standard InChI is InChI=1S/C21H26FN3O/c1-16-10-17(2)12-18(11-16)14-24-6-8-25(9-7-24)15-21(26)23-20-5-3-4-19(22)13-20/h3-5,10-13H,6-9,14-15H2,1-2H3,(H,23,26). The minimum Gasteiger partial charge on any atom is -0.325 e. The van der Waals surface area contributed by atoms with Crippen LogP contribution in [0.5, 0.6) is 0 Å². The lowest BCUT2D eigenvalue weighted by atomic mass is 10.1. The predicted octanol–water partition coefficient (Wildman–Crippen LogP) is 3.20. The molecule has 2 aromatic carbocycles. The number of halogens is 1. The van der Waals surface area contributed by atoms with Gasteiger partial charge in [-0.25, -0.2) is 4.39 Å². The van der Waals surface area contributed by atoms with Crippen molar-refractivity contribution in [3.8, 4) is 0 Å². The van der Waals surface area contributed by atoms with Crippen LogP contribution in [0.2, 0.25) is 0 Å². The number of amides is 1. The molecule has 0 unspecified atom stereocenters. The zero-order valence-electron chi connectivity index (χ0n) is 15.5. The molecular weight excluding hydrogens is 329 g/mol. The molecule has 1 fully saturated rings. The van der Waals surface area contributed by atoms with Gasteiger partial charge in [0.25, 0.3) is 0 Å². The number of benzene rings is 2. The molecule has 0 bridgehead atoms. The molecule has 0 spiro atoms. The summed E-state index contributed by atoms with van der Waals surface area (Å²) in [5, 5.41) is 2.76. The fourth-order valence-corrected chi connectivity index (χ4v) is 3.49. The lowest BCUT2D eigenvalue weighted by Crippen LogP contribution is -2.48. The first-order valence-corrected chi connectivity index (χ1v) is 9.05. The monoisotopic (exact) mass is 355 g/mol. The molecule has 1 N–H and O–H groups in total. The van der Waals surface area contributed by atoms with Crippen LogP contribution >= 0.6 is 0 Å². The third-order valence-corrected chi connectivity index (χ3v) is 4.63. The molecule has 1 amide bonds. The Bertz CT molecular complexity index is 749. The van der Waals surface area contributed by atoms with Crippen LogP contribution in [-0.2, 0) is 11.3 Å². The molecule has 1 aliphatic heterocycles.